The monoisotopic (exact) mass is 364 g/mol. The SMILES string of the molecule is CC(CN1CCCC1)NS(=O)(=O)c1ccc(Br)c(F)c1. The molecule has 0 aliphatic carbocycles. The van der Waals surface area contributed by atoms with Gasteiger partial charge >= 0.3 is 0 Å². The molecule has 4 nitrogen and oxygen atoms in total. The fourth-order valence-corrected chi connectivity index (χ4v) is 3.86. The molecule has 7 heteroatoms. The van der Waals surface area contributed by atoms with E-state index >= 15 is 0 Å². The molecule has 0 radical (unpaired) electrons. The number of hydrogen-bond acceptors (Lipinski definition) is 3. The van der Waals surface area contributed by atoms with Gasteiger partial charge in [-0.3, -0.25) is 0 Å². The summed E-state index contributed by atoms with van der Waals surface area (Å²) in [5.74, 6) is -0.583. The third-order valence-corrected chi connectivity index (χ3v) is 5.52. The number of sulfonamides is 1. The van der Waals surface area contributed by atoms with Gasteiger partial charge in [-0.25, -0.2) is 17.5 Å². The zero-order valence-corrected chi connectivity index (χ0v) is 13.7. The molecule has 1 aromatic rings. The minimum Gasteiger partial charge on any atom is -0.302 e. The fraction of sp³-hybridized carbons (Fsp3) is 0.538. The van der Waals surface area contributed by atoms with Crippen molar-refractivity contribution in [1.29, 1.82) is 0 Å². The van der Waals surface area contributed by atoms with E-state index in [0.717, 1.165) is 32.0 Å². The quantitative estimate of drug-likeness (QED) is 0.872. The lowest BCUT2D eigenvalue weighted by molar-refractivity contribution is 0.312. The number of halogens is 2. The Kier molecular flexibility index (Phi) is 5.17. The summed E-state index contributed by atoms with van der Waals surface area (Å²) < 4.78 is 40.6. The molecule has 1 N–H and O–H groups in total. The highest BCUT2D eigenvalue weighted by molar-refractivity contribution is 9.10. The fourth-order valence-electron chi connectivity index (χ4n) is 2.37. The molecule has 0 bridgehead atoms. The maximum Gasteiger partial charge on any atom is 0.240 e. The van der Waals surface area contributed by atoms with Gasteiger partial charge in [0.25, 0.3) is 0 Å². The number of nitrogens with zero attached hydrogens (tertiary/aromatic N) is 1. The molecule has 1 fully saturated rings. The summed E-state index contributed by atoms with van der Waals surface area (Å²) in [4.78, 5) is 2.18. The van der Waals surface area contributed by atoms with Crippen molar-refractivity contribution in [2.75, 3.05) is 19.6 Å². The molecular formula is C13H18BrFN2O2S. The maximum atomic E-state index is 13.4. The number of hydrogen-bond donors (Lipinski definition) is 1. The summed E-state index contributed by atoms with van der Waals surface area (Å²) in [7, 11) is -3.68. The van der Waals surface area contributed by atoms with Crippen LogP contribution in [0.1, 0.15) is 19.8 Å². The van der Waals surface area contributed by atoms with Gasteiger partial charge in [0, 0.05) is 12.6 Å². The predicted molar refractivity (Wildman–Crippen MR) is 79.6 cm³/mol. The molecule has 0 saturated carbocycles. The zero-order valence-electron chi connectivity index (χ0n) is 11.3. The Morgan fingerprint density at radius 3 is 2.65 bits per heavy atom. The van der Waals surface area contributed by atoms with E-state index in [1.165, 1.54) is 12.1 Å². The number of rotatable bonds is 5. The lowest BCUT2D eigenvalue weighted by Gasteiger charge is -2.21. The topological polar surface area (TPSA) is 49.4 Å². The second-order valence-electron chi connectivity index (χ2n) is 5.11. The van der Waals surface area contributed by atoms with Crippen LogP contribution >= 0.6 is 15.9 Å². The van der Waals surface area contributed by atoms with Crippen molar-refractivity contribution in [1.82, 2.24) is 9.62 Å². The molecule has 20 heavy (non-hydrogen) atoms. The molecule has 0 aromatic heterocycles. The van der Waals surface area contributed by atoms with E-state index in [2.05, 4.69) is 25.6 Å². The van der Waals surface area contributed by atoms with Gasteiger partial charge < -0.3 is 4.90 Å². The van der Waals surface area contributed by atoms with Gasteiger partial charge in [0.1, 0.15) is 5.82 Å². The lowest BCUT2D eigenvalue weighted by atomic mass is 10.3. The highest BCUT2D eigenvalue weighted by Crippen LogP contribution is 2.19. The van der Waals surface area contributed by atoms with Crippen LogP contribution in [0.2, 0.25) is 0 Å². The van der Waals surface area contributed by atoms with E-state index in [9.17, 15) is 12.8 Å². The largest absolute Gasteiger partial charge is 0.302 e. The molecule has 1 atom stereocenters. The first-order chi connectivity index (χ1) is 9.38. The first-order valence-corrected chi connectivity index (χ1v) is 8.86. The van der Waals surface area contributed by atoms with E-state index in [1.54, 1.807) is 0 Å². The Bertz CT molecular complexity index is 574. The van der Waals surface area contributed by atoms with Crippen LogP contribution in [0, 0.1) is 5.82 Å². The van der Waals surface area contributed by atoms with Crippen LogP contribution in [0.25, 0.3) is 0 Å². The molecule has 0 amide bonds. The van der Waals surface area contributed by atoms with Crippen molar-refractivity contribution in [3.05, 3.63) is 28.5 Å². The number of nitrogens with one attached hydrogen (secondary N) is 1. The van der Waals surface area contributed by atoms with Crippen molar-refractivity contribution in [3.8, 4) is 0 Å². The average Bonchev–Trinajstić information content (AvgIpc) is 2.84. The molecule has 1 aromatic carbocycles. The van der Waals surface area contributed by atoms with E-state index in [0.29, 0.717) is 6.54 Å². The molecule has 1 unspecified atom stereocenters. The molecule has 0 spiro atoms. The minimum absolute atomic E-state index is 0.0496. The van der Waals surface area contributed by atoms with Crippen LogP contribution in [-0.2, 0) is 10.0 Å². The minimum atomic E-state index is -3.68. The normalized spacial score (nSPS) is 18.4. The molecule has 112 valence electrons. The van der Waals surface area contributed by atoms with Gasteiger partial charge in [-0.15, -0.1) is 0 Å². The summed E-state index contributed by atoms with van der Waals surface area (Å²) in [6, 6.07) is 3.60. The van der Waals surface area contributed by atoms with Crippen LogP contribution < -0.4 is 4.72 Å². The molecule has 1 heterocycles. The number of benzene rings is 1. The van der Waals surface area contributed by atoms with Crippen molar-refractivity contribution in [3.63, 3.8) is 0 Å². The van der Waals surface area contributed by atoms with Crippen LogP contribution in [0.4, 0.5) is 4.39 Å². The molecule has 1 aliphatic heterocycles. The van der Waals surface area contributed by atoms with Crippen LogP contribution in [0.5, 0.6) is 0 Å². The van der Waals surface area contributed by atoms with Gasteiger partial charge in [-0.1, -0.05) is 0 Å². The van der Waals surface area contributed by atoms with Crippen LogP contribution in [0.3, 0.4) is 0 Å². The Hall–Kier alpha value is -0.500. The molecule has 2 rings (SSSR count). The summed E-state index contributed by atoms with van der Waals surface area (Å²) in [5.41, 5.74) is 0. The van der Waals surface area contributed by atoms with Crippen LogP contribution in [-0.4, -0.2) is 39.0 Å². The lowest BCUT2D eigenvalue weighted by Crippen LogP contribution is -2.41. The Balaban J connectivity index is 2.03. The van der Waals surface area contributed by atoms with E-state index in [4.69, 9.17) is 0 Å². The van der Waals surface area contributed by atoms with E-state index in [-0.39, 0.29) is 15.4 Å². The Morgan fingerprint density at radius 1 is 1.40 bits per heavy atom. The maximum absolute atomic E-state index is 13.4. The number of likely N-dealkylation sites (tertiary alicyclic amines) is 1. The summed E-state index contributed by atoms with van der Waals surface area (Å²) >= 11 is 3.01. The smallest absolute Gasteiger partial charge is 0.240 e. The van der Waals surface area contributed by atoms with Crippen molar-refractivity contribution in [2.24, 2.45) is 0 Å². The van der Waals surface area contributed by atoms with E-state index in [1.807, 2.05) is 6.92 Å². The molecule has 1 saturated heterocycles. The second-order valence-corrected chi connectivity index (χ2v) is 7.67. The zero-order chi connectivity index (χ0) is 14.8. The molecular weight excluding hydrogens is 347 g/mol. The molecule has 1 aliphatic rings. The highest BCUT2D eigenvalue weighted by atomic mass is 79.9. The predicted octanol–water partition coefficient (Wildman–Crippen LogP) is 2.35. The highest BCUT2D eigenvalue weighted by Gasteiger charge is 2.21. The Labute approximate surface area is 127 Å². The van der Waals surface area contributed by atoms with Gasteiger partial charge in [0.15, 0.2) is 0 Å². The Morgan fingerprint density at radius 2 is 2.05 bits per heavy atom. The van der Waals surface area contributed by atoms with Crippen molar-refractivity contribution < 1.29 is 12.8 Å². The standard InChI is InChI=1S/C13H18BrFN2O2S/c1-10(9-17-6-2-3-7-17)16-20(18,19)11-4-5-12(14)13(15)8-11/h4-5,8,10,16H,2-3,6-7,9H2,1H3. The summed E-state index contributed by atoms with van der Waals surface area (Å²) in [6.07, 6.45) is 2.33. The summed E-state index contributed by atoms with van der Waals surface area (Å²) in [5, 5.41) is 0. The second kappa shape index (κ2) is 6.51. The van der Waals surface area contributed by atoms with Gasteiger partial charge in [-0.05, 0) is 67.0 Å². The van der Waals surface area contributed by atoms with Crippen molar-refractivity contribution in [2.45, 2.75) is 30.7 Å². The average molecular weight is 365 g/mol. The van der Waals surface area contributed by atoms with Gasteiger partial charge in [0.2, 0.25) is 10.0 Å². The first kappa shape index (κ1) is 15.9. The van der Waals surface area contributed by atoms with Gasteiger partial charge in [0.05, 0.1) is 9.37 Å². The first-order valence-electron chi connectivity index (χ1n) is 6.58. The van der Waals surface area contributed by atoms with Crippen molar-refractivity contribution >= 4 is 26.0 Å². The van der Waals surface area contributed by atoms with E-state index < -0.39 is 15.8 Å². The third-order valence-electron chi connectivity index (χ3n) is 3.29. The van der Waals surface area contributed by atoms with Crippen LogP contribution in [0.15, 0.2) is 27.6 Å². The summed E-state index contributed by atoms with van der Waals surface area (Å²) in [6.45, 7) is 4.53. The van der Waals surface area contributed by atoms with Gasteiger partial charge in [-0.2, -0.15) is 0 Å². The third kappa shape index (κ3) is 4.00.